The van der Waals surface area contributed by atoms with Crippen LogP contribution >= 0.6 is 11.3 Å². The second kappa shape index (κ2) is 10.00. The first-order valence-corrected chi connectivity index (χ1v) is 14.1. The molecular formula is C26H29N3O3S2. The molecule has 2 aliphatic rings. The van der Waals surface area contributed by atoms with Crippen LogP contribution in [-0.2, 0) is 23.0 Å². The number of carbonyl (C=O) groups is 1. The van der Waals surface area contributed by atoms with Crippen LogP contribution < -0.4 is 10.6 Å². The zero-order valence-corrected chi connectivity index (χ0v) is 20.6. The van der Waals surface area contributed by atoms with Crippen molar-refractivity contribution in [1.82, 2.24) is 14.9 Å². The quantitative estimate of drug-likeness (QED) is 0.541. The average Bonchev–Trinajstić information content (AvgIpc) is 3.39. The Morgan fingerprint density at radius 2 is 1.91 bits per heavy atom. The highest BCUT2D eigenvalue weighted by Crippen LogP contribution is 2.31. The number of hydrogen-bond acceptors (Lipinski definition) is 5. The van der Waals surface area contributed by atoms with Crippen molar-refractivity contribution in [2.24, 2.45) is 0 Å². The lowest BCUT2D eigenvalue weighted by Gasteiger charge is -2.28. The van der Waals surface area contributed by atoms with Crippen LogP contribution in [0.25, 0.3) is 11.1 Å². The van der Waals surface area contributed by atoms with E-state index in [-0.39, 0.29) is 21.7 Å². The molecule has 1 amide bonds. The Bertz CT molecular complexity index is 1270. The summed E-state index contributed by atoms with van der Waals surface area (Å²) in [5.41, 5.74) is 4.37. The number of sulfonamides is 1. The van der Waals surface area contributed by atoms with E-state index in [1.807, 2.05) is 18.2 Å². The minimum absolute atomic E-state index is 0.106. The van der Waals surface area contributed by atoms with E-state index < -0.39 is 10.0 Å². The van der Waals surface area contributed by atoms with Gasteiger partial charge in [0.25, 0.3) is 5.91 Å². The molecule has 0 radical (unpaired) electrons. The van der Waals surface area contributed by atoms with E-state index in [0.29, 0.717) is 26.1 Å². The summed E-state index contributed by atoms with van der Waals surface area (Å²) in [5, 5.41) is 8.03. The Morgan fingerprint density at radius 3 is 2.71 bits per heavy atom. The van der Waals surface area contributed by atoms with E-state index in [0.717, 1.165) is 42.5 Å². The van der Waals surface area contributed by atoms with Gasteiger partial charge in [-0.2, -0.15) is 4.31 Å². The molecule has 6 nitrogen and oxygen atoms in total. The molecule has 178 valence electrons. The summed E-state index contributed by atoms with van der Waals surface area (Å²) in [4.78, 5) is 13.3. The molecule has 5 rings (SSSR count). The summed E-state index contributed by atoms with van der Waals surface area (Å²) >= 11 is 1.18. The molecule has 0 bridgehead atoms. The first-order chi connectivity index (χ1) is 16.5. The molecule has 1 aromatic heterocycles. The Hall–Kier alpha value is -2.52. The van der Waals surface area contributed by atoms with E-state index in [4.69, 9.17) is 0 Å². The third kappa shape index (κ3) is 4.81. The van der Waals surface area contributed by atoms with Crippen molar-refractivity contribution in [2.75, 3.05) is 19.6 Å². The predicted molar refractivity (Wildman–Crippen MR) is 135 cm³/mol. The van der Waals surface area contributed by atoms with Crippen molar-refractivity contribution < 1.29 is 13.2 Å². The molecule has 2 aliphatic heterocycles. The fourth-order valence-corrected chi connectivity index (χ4v) is 7.48. The summed E-state index contributed by atoms with van der Waals surface area (Å²) in [6, 6.07) is 18.2. The van der Waals surface area contributed by atoms with Crippen LogP contribution in [0.15, 0.2) is 64.9 Å². The Kier molecular flexibility index (Phi) is 6.83. The Balaban J connectivity index is 1.33. The molecule has 0 aliphatic carbocycles. The zero-order valence-electron chi connectivity index (χ0n) is 19.0. The molecule has 1 fully saturated rings. The van der Waals surface area contributed by atoms with Crippen LogP contribution in [0.1, 0.15) is 40.1 Å². The van der Waals surface area contributed by atoms with Gasteiger partial charge in [-0.05, 0) is 65.6 Å². The van der Waals surface area contributed by atoms with Gasteiger partial charge in [-0.15, -0.1) is 11.3 Å². The van der Waals surface area contributed by atoms with Gasteiger partial charge in [0.1, 0.15) is 9.77 Å². The van der Waals surface area contributed by atoms with Gasteiger partial charge >= 0.3 is 0 Å². The van der Waals surface area contributed by atoms with Crippen molar-refractivity contribution >= 4 is 27.3 Å². The number of hydrogen-bond donors (Lipinski definition) is 2. The first-order valence-electron chi connectivity index (χ1n) is 11.8. The molecule has 1 saturated heterocycles. The lowest BCUT2D eigenvalue weighted by molar-refractivity contribution is 0.0948. The predicted octanol–water partition coefficient (Wildman–Crippen LogP) is 4.03. The molecule has 3 aromatic rings. The van der Waals surface area contributed by atoms with Crippen molar-refractivity contribution in [1.29, 1.82) is 0 Å². The van der Waals surface area contributed by atoms with Gasteiger partial charge in [0.05, 0.1) is 0 Å². The van der Waals surface area contributed by atoms with Gasteiger partial charge in [0, 0.05) is 25.7 Å². The molecule has 2 N–H and O–H groups in total. The lowest BCUT2D eigenvalue weighted by Crippen LogP contribution is -2.43. The number of piperidine rings is 1. The van der Waals surface area contributed by atoms with Gasteiger partial charge in [-0.1, -0.05) is 48.9 Å². The number of fused-ring (bicyclic) bond motifs is 1. The summed E-state index contributed by atoms with van der Waals surface area (Å²) in [7, 11) is -3.79. The average molecular weight is 496 g/mol. The molecule has 34 heavy (non-hydrogen) atoms. The molecule has 8 heteroatoms. The maximum atomic E-state index is 13.6. The summed E-state index contributed by atoms with van der Waals surface area (Å²) in [5.74, 6) is -0.315. The van der Waals surface area contributed by atoms with Crippen LogP contribution in [0.3, 0.4) is 0 Å². The third-order valence-electron chi connectivity index (χ3n) is 6.67. The highest BCUT2D eigenvalue weighted by atomic mass is 32.2. The second-order valence-electron chi connectivity index (χ2n) is 8.91. The minimum Gasteiger partial charge on any atom is -0.350 e. The maximum absolute atomic E-state index is 13.6. The van der Waals surface area contributed by atoms with Crippen LogP contribution in [0.5, 0.6) is 0 Å². The fourth-order valence-electron chi connectivity index (χ4n) is 4.75. The van der Waals surface area contributed by atoms with Crippen LogP contribution in [-0.4, -0.2) is 44.3 Å². The number of carbonyl (C=O) groups excluding carboxylic acids is 1. The van der Waals surface area contributed by atoms with E-state index in [1.54, 1.807) is 11.4 Å². The first kappa shape index (κ1) is 23.2. The normalized spacial score (nSPS) is 18.9. The van der Waals surface area contributed by atoms with Gasteiger partial charge in [-0.25, -0.2) is 8.42 Å². The number of nitrogens with zero attached hydrogens (tertiary/aromatic N) is 1. The minimum atomic E-state index is -3.79. The second-order valence-corrected chi connectivity index (χ2v) is 11.7. The monoisotopic (exact) mass is 495 g/mol. The smallest absolute Gasteiger partial charge is 0.262 e. The Labute approximate surface area is 205 Å². The van der Waals surface area contributed by atoms with Crippen molar-refractivity contribution in [2.45, 2.75) is 43.2 Å². The van der Waals surface area contributed by atoms with Crippen molar-refractivity contribution in [3.8, 4) is 11.1 Å². The van der Waals surface area contributed by atoms with E-state index in [9.17, 15) is 13.2 Å². The van der Waals surface area contributed by atoms with Crippen molar-refractivity contribution in [3.05, 3.63) is 76.0 Å². The van der Waals surface area contributed by atoms with Gasteiger partial charge in [0.15, 0.2) is 0 Å². The standard InChI is InChI=1S/C26H29N3O3S2/c30-26(28-17-23-8-4-5-13-27-23)25-24(12-15-33-25)34(31,32)29-14-11-20-9-10-21(16-22(20)18-29)19-6-2-1-3-7-19/h1-3,6-7,9-10,12,15-16,23,27H,4-5,8,11,13-14,17-18H2,(H,28,30)/t23-/m1/s1. The zero-order chi connectivity index (χ0) is 23.5. The molecule has 2 aromatic carbocycles. The molecule has 3 heterocycles. The maximum Gasteiger partial charge on any atom is 0.262 e. The van der Waals surface area contributed by atoms with E-state index in [2.05, 4.69) is 41.0 Å². The number of amides is 1. The molecule has 0 saturated carbocycles. The number of benzene rings is 2. The highest BCUT2D eigenvalue weighted by molar-refractivity contribution is 7.89. The number of nitrogens with one attached hydrogen (secondary N) is 2. The largest absolute Gasteiger partial charge is 0.350 e. The number of thiophene rings is 1. The van der Waals surface area contributed by atoms with Gasteiger partial charge in [-0.3, -0.25) is 4.79 Å². The van der Waals surface area contributed by atoms with Gasteiger partial charge < -0.3 is 10.6 Å². The van der Waals surface area contributed by atoms with Crippen LogP contribution in [0.2, 0.25) is 0 Å². The van der Waals surface area contributed by atoms with Crippen molar-refractivity contribution in [3.63, 3.8) is 0 Å². The summed E-state index contributed by atoms with van der Waals surface area (Å²) < 4.78 is 28.7. The molecule has 1 atom stereocenters. The summed E-state index contributed by atoms with van der Waals surface area (Å²) in [6.07, 6.45) is 3.98. The lowest BCUT2D eigenvalue weighted by atomic mass is 9.95. The van der Waals surface area contributed by atoms with E-state index >= 15 is 0 Å². The fraction of sp³-hybridized carbons (Fsp3) is 0.346. The Morgan fingerprint density at radius 1 is 1.06 bits per heavy atom. The molecular weight excluding hydrogens is 466 g/mol. The molecule has 0 unspecified atom stereocenters. The van der Waals surface area contributed by atoms with Gasteiger partial charge in [0.2, 0.25) is 10.0 Å². The highest BCUT2D eigenvalue weighted by Gasteiger charge is 2.32. The third-order valence-corrected chi connectivity index (χ3v) is 9.60. The topological polar surface area (TPSA) is 78.5 Å². The molecule has 0 spiro atoms. The van der Waals surface area contributed by atoms with Crippen LogP contribution in [0.4, 0.5) is 0 Å². The number of rotatable bonds is 6. The van der Waals surface area contributed by atoms with E-state index in [1.165, 1.54) is 21.2 Å². The SMILES string of the molecule is O=C(NC[C@H]1CCCCN1)c1sccc1S(=O)(=O)N1CCc2ccc(-c3ccccc3)cc2C1. The van der Waals surface area contributed by atoms with Crippen LogP contribution in [0, 0.1) is 0 Å². The summed E-state index contributed by atoms with van der Waals surface area (Å²) in [6.45, 7) is 2.18.